The summed E-state index contributed by atoms with van der Waals surface area (Å²) in [4.78, 5) is 9.92. The molecule has 0 spiro atoms. The molecule has 0 saturated heterocycles. The van der Waals surface area contributed by atoms with Crippen molar-refractivity contribution in [2.75, 3.05) is 0 Å². The first-order valence-corrected chi connectivity index (χ1v) is 4.67. The largest absolute Gasteiger partial charge is 0.404 e. The normalized spacial score (nSPS) is 10.8. The van der Waals surface area contributed by atoms with E-state index in [-0.39, 0.29) is 5.82 Å². The molecule has 1 aromatic rings. The third kappa shape index (κ3) is 2.51. The van der Waals surface area contributed by atoms with Gasteiger partial charge >= 0.3 is 5.82 Å². The van der Waals surface area contributed by atoms with E-state index in [9.17, 15) is 10.1 Å². The molecule has 0 aliphatic carbocycles. The fourth-order valence-electron chi connectivity index (χ4n) is 0.978. The van der Waals surface area contributed by atoms with Crippen LogP contribution < -0.4 is 0 Å². The van der Waals surface area contributed by atoms with E-state index >= 15 is 0 Å². The maximum Gasteiger partial charge on any atom is 0.404 e. The second kappa shape index (κ2) is 3.87. The van der Waals surface area contributed by atoms with Gasteiger partial charge < -0.3 is 10.1 Å². The Hall–Kier alpha value is -0.910. The van der Waals surface area contributed by atoms with Crippen molar-refractivity contribution < 1.29 is 4.92 Å². The molecule has 6 heteroatoms. The zero-order valence-corrected chi connectivity index (χ0v) is 8.98. The van der Waals surface area contributed by atoms with Crippen LogP contribution in [-0.4, -0.2) is 14.7 Å². The maximum absolute atomic E-state index is 10.4. The highest BCUT2D eigenvalue weighted by Gasteiger charge is 2.18. The SMILES string of the molecule is CC(C)Cn1cc(Br)c([N+](=O)[O-])n1. The van der Waals surface area contributed by atoms with Crippen LogP contribution in [0.2, 0.25) is 0 Å². The number of nitrogens with zero attached hydrogens (tertiary/aromatic N) is 3. The lowest BCUT2D eigenvalue weighted by atomic mass is 10.2. The number of rotatable bonds is 3. The summed E-state index contributed by atoms with van der Waals surface area (Å²) in [6, 6.07) is 0. The molecule has 0 N–H and O–H groups in total. The Morgan fingerprint density at radius 1 is 1.77 bits per heavy atom. The van der Waals surface area contributed by atoms with Crippen LogP contribution in [0.4, 0.5) is 5.82 Å². The summed E-state index contributed by atoms with van der Waals surface area (Å²) in [5, 5.41) is 14.2. The standard InChI is InChI=1S/C7H10BrN3O2/c1-5(2)3-10-4-6(8)7(9-10)11(12)13/h4-5H,3H2,1-2H3. The second-order valence-corrected chi connectivity index (χ2v) is 4.03. The Morgan fingerprint density at radius 2 is 2.38 bits per heavy atom. The van der Waals surface area contributed by atoms with Crippen LogP contribution in [0.15, 0.2) is 10.7 Å². The Kier molecular flexibility index (Phi) is 3.02. The Morgan fingerprint density at radius 3 is 2.77 bits per heavy atom. The van der Waals surface area contributed by atoms with E-state index in [0.717, 1.165) is 0 Å². The molecule has 72 valence electrons. The van der Waals surface area contributed by atoms with Gasteiger partial charge in [0.1, 0.15) is 4.47 Å². The van der Waals surface area contributed by atoms with Crippen molar-refractivity contribution in [3.63, 3.8) is 0 Å². The molecule has 1 aromatic heterocycles. The van der Waals surface area contributed by atoms with Gasteiger partial charge in [-0.05, 0) is 26.8 Å². The quantitative estimate of drug-likeness (QED) is 0.608. The molecule has 0 aromatic carbocycles. The van der Waals surface area contributed by atoms with E-state index in [0.29, 0.717) is 16.9 Å². The monoisotopic (exact) mass is 247 g/mol. The van der Waals surface area contributed by atoms with Crippen molar-refractivity contribution in [2.45, 2.75) is 20.4 Å². The fourth-order valence-corrected chi connectivity index (χ4v) is 1.44. The molecule has 0 bridgehead atoms. The number of nitro groups is 1. The number of aromatic nitrogens is 2. The van der Waals surface area contributed by atoms with E-state index in [1.807, 2.05) is 13.8 Å². The molecule has 0 amide bonds. The van der Waals surface area contributed by atoms with E-state index in [1.54, 1.807) is 10.9 Å². The molecule has 1 heterocycles. The first kappa shape index (κ1) is 10.2. The van der Waals surface area contributed by atoms with Gasteiger partial charge in [-0.25, -0.2) is 0 Å². The molecule has 1 rings (SSSR count). The minimum absolute atomic E-state index is 0.124. The van der Waals surface area contributed by atoms with Gasteiger partial charge in [-0.1, -0.05) is 13.8 Å². The minimum Gasteiger partial charge on any atom is -0.358 e. The summed E-state index contributed by atoms with van der Waals surface area (Å²) in [5.74, 6) is 0.298. The highest BCUT2D eigenvalue weighted by Crippen LogP contribution is 2.22. The van der Waals surface area contributed by atoms with Gasteiger partial charge in [0.25, 0.3) is 0 Å². The average molecular weight is 248 g/mol. The molecule has 13 heavy (non-hydrogen) atoms. The fraction of sp³-hybridized carbons (Fsp3) is 0.571. The van der Waals surface area contributed by atoms with E-state index < -0.39 is 4.92 Å². The lowest BCUT2D eigenvalue weighted by Gasteiger charge is -1.98. The van der Waals surface area contributed by atoms with Crippen LogP contribution in [0.3, 0.4) is 0 Å². The Labute approximate surface area is 84.0 Å². The summed E-state index contributed by atoms with van der Waals surface area (Å²) >= 11 is 3.08. The highest BCUT2D eigenvalue weighted by atomic mass is 79.9. The van der Waals surface area contributed by atoms with Crippen molar-refractivity contribution >= 4 is 21.7 Å². The van der Waals surface area contributed by atoms with Crippen LogP contribution >= 0.6 is 15.9 Å². The lowest BCUT2D eigenvalue weighted by Crippen LogP contribution is -2.05. The smallest absolute Gasteiger partial charge is 0.358 e. The average Bonchev–Trinajstić information content (AvgIpc) is 2.29. The van der Waals surface area contributed by atoms with Gasteiger partial charge in [0.2, 0.25) is 0 Å². The maximum atomic E-state index is 10.4. The van der Waals surface area contributed by atoms with E-state index in [1.165, 1.54) is 0 Å². The van der Waals surface area contributed by atoms with Crippen molar-refractivity contribution in [1.29, 1.82) is 0 Å². The zero-order valence-electron chi connectivity index (χ0n) is 7.40. The van der Waals surface area contributed by atoms with E-state index in [4.69, 9.17) is 0 Å². The number of hydrogen-bond acceptors (Lipinski definition) is 3. The molecule has 5 nitrogen and oxygen atoms in total. The minimum atomic E-state index is -0.499. The van der Waals surface area contributed by atoms with Crippen LogP contribution in [0.25, 0.3) is 0 Å². The first-order chi connectivity index (χ1) is 6.00. The molecule has 0 saturated carbocycles. The van der Waals surface area contributed by atoms with Crippen LogP contribution in [0.1, 0.15) is 13.8 Å². The summed E-state index contributed by atoms with van der Waals surface area (Å²) in [6.45, 7) is 4.75. The highest BCUT2D eigenvalue weighted by molar-refractivity contribution is 9.10. The molecule has 0 aliphatic heterocycles. The lowest BCUT2D eigenvalue weighted by molar-refractivity contribution is -0.390. The molecular weight excluding hydrogens is 238 g/mol. The van der Waals surface area contributed by atoms with Crippen LogP contribution in [0, 0.1) is 16.0 Å². The van der Waals surface area contributed by atoms with Crippen molar-refractivity contribution in [1.82, 2.24) is 9.78 Å². The van der Waals surface area contributed by atoms with Crippen LogP contribution in [0.5, 0.6) is 0 Å². The van der Waals surface area contributed by atoms with Crippen LogP contribution in [-0.2, 0) is 6.54 Å². The number of hydrogen-bond donors (Lipinski definition) is 0. The summed E-state index contributed by atoms with van der Waals surface area (Å²) in [5.41, 5.74) is 0. The molecular formula is C7H10BrN3O2. The Balaban J connectivity index is 2.89. The zero-order chi connectivity index (χ0) is 10.0. The van der Waals surface area contributed by atoms with Gasteiger partial charge in [0.05, 0.1) is 17.8 Å². The molecule has 0 radical (unpaired) electrons. The predicted molar refractivity (Wildman–Crippen MR) is 51.4 cm³/mol. The summed E-state index contributed by atoms with van der Waals surface area (Å²) in [7, 11) is 0. The van der Waals surface area contributed by atoms with Gasteiger partial charge in [0, 0.05) is 0 Å². The second-order valence-electron chi connectivity index (χ2n) is 3.17. The topological polar surface area (TPSA) is 61.0 Å². The molecule has 0 atom stereocenters. The van der Waals surface area contributed by atoms with Crippen molar-refractivity contribution in [3.8, 4) is 0 Å². The van der Waals surface area contributed by atoms with Crippen molar-refractivity contribution in [3.05, 3.63) is 20.8 Å². The summed E-state index contributed by atoms with van der Waals surface area (Å²) < 4.78 is 2.01. The van der Waals surface area contributed by atoms with Gasteiger partial charge in [-0.2, -0.15) is 4.68 Å². The van der Waals surface area contributed by atoms with Gasteiger partial charge in [-0.3, -0.25) is 0 Å². The first-order valence-electron chi connectivity index (χ1n) is 3.88. The third-order valence-electron chi connectivity index (χ3n) is 1.42. The summed E-state index contributed by atoms with van der Waals surface area (Å²) in [6.07, 6.45) is 1.62. The Bertz CT molecular complexity index is 322. The molecule has 0 fully saturated rings. The molecule has 0 aliphatic rings. The molecule has 0 unspecified atom stereocenters. The van der Waals surface area contributed by atoms with Gasteiger partial charge in [-0.15, -0.1) is 0 Å². The van der Waals surface area contributed by atoms with Gasteiger partial charge in [0.15, 0.2) is 0 Å². The number of halogens is 1. The van der Waals surface area contributed by atoms with Crippen molar-refractivity contribution in [2.24, 2.45) is 5.92 Å². The predicted octanol–water partition coefficient (Wildman–Crippen LogP) is 2.21. The van der Waals surface area contributed by atoms with E-state index in [2.05, 4.69) is 21.0 Å². The third-order valence-corrected chi connectivity index (χ3v) is 1.98.